The van der Waals surface area contributed by atoms with E-state index in [4.69, 9.17) is 0 Å². The van der Waals surface area contributed by atoms with Gasteiger partial charge in [0.05, 0.1) is 5.56 Å². The molecule has 2 saturated heterocycles. The van der Waals surface area contributed by atoms with Gasteiger partial charge < -0.3 is 10.2 Å². The number of pyridine rings is 1. The van der Waals surface area contributed by atoms with E-state index in [0.29, 0.717) is 11.6 Å². The second-order valence-electron chi connectivity index (χ2n) is 5.55. The highest BCUT2D eigenvalue weighted by atomic mass is 16.2. The summed E-state index contributed by atoms with van der Waals surface area (Å²) in [5.74, 6) is 0.114. The number of rotatable bonds is 2. The fourth-order valence-electron chi connectivity index (χ4n) is 3.13. The lowest BCUT2D eigenvalue weighted by atomic mass is 10.0. The Bertz CT molecular complexity index is 436. The molecule has 1 N–H and O–H groups in total. The minimum atomic E-state index is 0.114. The number of piperidine rings is 1. The average Bonchev–Trinajstić information content (AvgIpc) is 2.56. The van der Waals surface area contributed by atoms with Gasteiger partial charge in [-0.15, -0.1) is 0 Å². The summed E-state index contributed by atoms with van der Waals surface area (Å²) in [5, 5.41) is 3.40. The molecule has 0 unspecified atom stereocenters. The largest absolute Gasteiger partial charge is 0.336 e. The van der Waals surface area contributed by atoms with Crippen molar-refractivity contribution in [2.45, 2.75) is 18.9 Å². The zero-order chi connectivity index (χ0) is 13.8. The highest BCUT2D eigenvalue weighted by Gasteiger charge is 2.27. The van der Waals surface area contributed by atoms with E-state index in [1.54, 1.807) is 12.4 Å². The van der Waals surface area contributed by atoms with Crippen LogP contribution in [-0.2, 0) is 0 Å². The van der Waals surface area contributed by atoms with Gasteiger partial charge in [0, 0.05) is 44.6 Å². The zero-order valence-corrected chi connectivity index (χ0v) is 11.8. The molecule has 0 radical (unpaired) electrons. The SMILES string of the molecule is O=C(c1cccnc1)N1CCN(C2CCNCC2)CC1. The lowest BCUT2D eigenvalue weighted by Gasteiger charge is -2.40. The van der Waals surface area contributed by atoms with Crippen molar-refractivity contribution in [2.75, 3.05) is 39.3 Å². The number of nitrogens with zero attached hydrogens (tertiary/aromatic N) is 3. The number of carbonyl (C=O) groups is 1. The van der Waals surface area contributed by atoms with Gasteiger partial charge in [0.1, 0.15) is 0 Å². The van der Waals surface area contributed by atoms with Crippen molar-refractivity contribution in [2.24, 2.45) is 0 Å². The summed E-state index contributed by atoms with van der Waals surface area (Å²) in [7, 11) is 0. The Morgan fingerprint density at radius 3 is 2.60 bits per heavy atom. The molecule has 0 spiro atoms. The van der Waals surface area contributed by atoms with E-state index in [1.165, 1.54) is 12.8 Å². The normalized spacial score (nSPS) is 21.9. The molecular weight excluding hydrogens is 252 g/mol. The number of hydrogen-bond acceptors (Lipinski definition) is 4. The topological polar surface area (TPSA) is 48.5 Å². The maximum Gasteiger partial charge on any atom is 0.255 e. The second-order valence-corrected chi connectivity index (χ2v) is 5.55. The molecule has 2 fully saturated rings. The third-order valence-corrected chi connectivity index (χ3v) is 4.34. The molecule has 1 amide bonds. The molecule has 20 heavy (non-hydrogen) atoms. The van der Waals surface area contributed by atoms with E-state index >= 15 is 0 Å². The van der Waals surface area contributed by atoms with E-state index in [-0.39, 0.29) is 5.91 Å². The van der Waals surface area contributed by atoms with Gasteiger partial charge in [-0.25, -0.2) is 0 Å². The predicted octanol–water partition coefficient (Wildman–Crippen LogP) is 0.591. The van der Waals surface area contributed by atoms with Crippen molar-refractivity contribution in [3.05, 3.63) is 30.1 Å². The van der Waals surface area contributed by atoms with Crippen LogP contribution in [0.25, 0.3) is 0 Å². The van der Waals surface area contributed by atoms with Gasteiger partial charge in [-0.05, 0) is 38.1 Å². The van der Waals surface area contributed by atoms with Gasteiger partial charge in [-0.3, -0.25) is 14.7 Å². The van der Waals surface area contributed by atoms with E-state index in [9.17, 15) is 4.79 Å². The first kappa shape index (κ1) is 13.5. The van der Waals surface area contributed by atoms with Crippen molar-refractivity contribution in [1.29, 1.82) is 0 Å². The molecular formula is C15H22N4O. The Hall–Kier alpha value is -1.46. The van der Waals surface area contributed by atoms with Gasteiger partial charge >= 0.3 is 0 Å². The molecule has 0 saturated carbocycles. The molecule has 1 aromatic heterocycles. The van der Waals surface area contributed by atoms with E-state index in [0.717, 1.165) is 39.3 Å². The first-order valence-corrected chi connectivity index (χ1v) is 7.48. The summed E-state index contributed by atoms with van der Waals surface area (Å²) >= 11 is 0. The van der Waals surface area contributed by atoms with E-state index in [2.05, 4.69) is 15.2 Å². The first-order chi connectivity index (χ1) is 9.84. The summed E-state index contributed by atoms with van der Waals surface area (Å²) in [6, 6.07) is 4.36. The Balaban J connectivity index is 1.54. The fraction of sp³-hybridized carbons (Fsp3) is 0.600. The zero-order valence-electron chi connectivity index (χ0n) is 11.8. The van der Waals surface area contributed by atoms with Crippen LogP contribution in [0, 0.1) is 0 Å². The van der Waals surface area contributed by atoms with Crippen LogP contribution in [0.1, 0.15) is 23.2 Å². The number of piperazine rings is 1. The summed E-state index contributed by atoms with van der Waals surface area (Å²) in [4.78, 5) is 20.9. The molecule has 108 valence electrons. The minimum absolute atomic E-state index is 0.114. The number of hydrogen-bond donors (Lipinski definition) is 1. The van der Waals surface area contributed by atoms with Crippen LogP contribution in [-0.4, -0.2) is 66.0 Å². The fourth-order valence-corrected chi connectivity index (χ4v) is 3.13. The standard InChI is InChI=1S/C15H22N4O/c20-15(13-2-1-5-17-12-13)19-10-8-18(9-11-19)14-3-6-16-7-4-14/h1-2,5,12,14,16H,3-4,6-11H2. The summed E-state index contributed by atoms with van der Waals surface area (Å²) < 4.78 is 0. The van der Waals surface area contributed by atoms with Crippen LogP contribution < -0.4 is 5.32 Å². The summed E-state index contributed by atoms with van der Waals surface area (Å²) in [6.45, 7) is 5.90. The molecule has 2 aliphatic heterocycles. The highest BCUT2D eigenvalue weighted by Crippen LogP contribution is 2.15. The quantitative estimate of drug-likeness (QED) is 0.857. The summed E-state index contributed by atoms with van der Waals surface area (Å²) in [5.41, 5.74) is 0.697. The number of aromatic nitrogens is 1. The molecule has 0 bridgehead atoms. The average molecular weight is 274 g/mol. The van der Waals surface area contributed by atoms with Gasteiger partial charge in [-0.2, -0.15) is 0 Å². The first-order valence-electron chi connectivity index (χ1n) is 7.48. The molecule has 3 rings (SSSR count). The molecule has 2 aliphatic rings. The van der Waals surface area contributed by atoms with Crippen LogP contribution >= 0.6 is 0 Å². The van der Waals surface area contributed by atoms with Crippen molar-refractivity contribution in [3.8, 4) is 0 Å². The molecule has 5 heteroatoms. The Kier molecular flexibility index (Phi) is 4.28. The lowest BCUT2D eigenvalue weighted by molar-refractivity contribution is 0.0532. The van der Waals surface area contributed by atoms with Crippen molar-refractivity contribution >= 4 is 5.91 Å². The van der Waals surface area contributed by atoms with Gasteiger partial charge in [0.25, 0.3) is 5.91 Å². The van der Waals surface area contributed by atoms with Crippen LogP contribution in [0.2, 0.25) is 0 Å². The van der Waals surface area contributed by atoms with Crippen LogP contribution in [0.5, 0.6) is 0 Å². The molecule has 5 nitrogen and oxygen atoms in total. The molecule has 0 aliphatic carbocycles. The number of carbonyl (C=O) groups excluding carboxylic acids is 1. The number of nitrogens with one attached hydrogen (secondary N) is 1. The Labute approximate surface area is 120 Å². The Morgan fingerprint density at radius 2 is 1.95 bits per heavy atom. The monoisotopic (exact) mass is 274 g/mol. The summed E-state index contributed by atoms with van der Waals surface area (Å²) in [6.07, 6.45) is 5.82. The maximum atomic E-state index is 12.3. The second kappa shape index (κ2) is 6.33. The molecule has 1 aromatic rings. The van der Waals surface area contributed by atoms with Crippen molar-refractivity contribution in [1.82, 2.24) is 20.1 Å². The number of amides is 1. The van der Waals surface area contributed by atoms with Crippen LogP contribution in [0.15, 0.2) is 24.5 Å². The predicted molar refractivity (Wildman–Crippen MR) is 77.6 cm³/mol. The lowest BCUT2D eigenvalue weighted by Crippen LogP contribution is -2.53. The van der Waals surface area contributed by atoms with Gasteiger partial charge in [0.2, 0.25) is 0 Å². The minimum Gasteiger partial charge on any atom is -0.336 e. The molecule has 3 heterocycles. The van der Waals surface area contributed by atoms with Gasteiger partial charge in [0.15, 0.2) is 0 Å². The van der Waals surface area contributed by atoms with Crippen LogP contribution in [0.4, 0.5) is 0 Å². The third kappa shape index (κ3) is 2.99. The van der Waals surface area contributed by atoms with E-state index in [1.807, 2.05) is 17.0 Å². The Morgan fingerprint density at radius 1 is 1.20 bits per heavy atom. The molecule has 0 aromatic carbocycles. The molecule has 0 atom stereocenters. The van der Waals surface area contributed by atoms with Crippen LogP contribution in [0.3, 0.4) is 0 Å². The van der Waals surface area contributed by atoms with E-state index < -0.39 is 0 Å². The smallest absolute Gasteiger partial charge is 0.255 e. The third-order valence-electron chi connectivity index (χ3n) is 4.34. The maximum absolute atomic E-state index is 12.3. The van der Waals surface area contributed by atoms with Crippen molar-refractivity contribution in [3.63, 3.8) is 0 Å². The van der Waals surface area contributed by atoms with Gasteiger partial charge in [-0.1, -0.05) is 0 Å². The van der Waals surface area contributed by atoms with Crippen molar-refractivity contribution < 1.29 is 4.79 Å². The highest BCUT2D eigenvalue weighted by molar-refractivity contribution is 5.93.